The van der Waals surface area contributed by atoms with Crippen LogP contribution < -0.4 is 5.32 Å². The fourth-order valence-electron chi connectivity index (χ4n) is 1.72. The third kappa shape index (κ3) is 4.51. The summed E-state index contributed by atoms with van der Waals surface area (Å²) >= 11 is 1.64. The Morgan fingerprint density at radius 3 is 2.65 bits per heavy atom. The third-order valence-electron chi connectivity index (χ3n) is 3.09. The summed E-state index contributed by atoms with van der Waals surface area (Å²) < 4.78 is 28.1. The van der Waals surface area contributed by atoms with Crippen LogP contribution in [-0.4, -0.2) is 48.9 Å². The van der Waals surface area contributed by atoms with Crippen molar-refractivity contribution in [3.8, 4) is 0 Å². The lowest BCUT2D eigenvalue weighted by atomic mass is 10.3. The maximum Gasteiger partial charge on any atom is 0.244 e. The number of aryl methyl sites for hydroxylation is 1. The molecule has 0 aliphatic carbocycles. The van der Waals surface area contributed by atoms with Crippen molar-refractivity contribution < 1.29 is 8.42 Å². The maximum absolute atomic E-state index is 12.4. The summed E-state index contributed by atoms with van der Waals surface area (Å²) in [4.78, 5) is 0.365. The minimum absolute atomic E-state index is 0.365. The minimum atomic E-state index is -3.38. The van der Waals surface area contributed by atoms with Crippen LogP contribution in [0.3, 0.4) is 0 Å². The van der Waals surface area contributed by atoms with Crippen molar-refractivity contribution >= 4 is 21.8 Å². The van der Waals surface area contributed by atoms with E-state index in [0.717, 1.165) is 11.4 Å². The summed E-state index contributed by atoms with van der Waals surface area (Å²) in [5.74, 6) is 0.796. The molecule has 5 nitrogen and oxygen atoms in total. The van der Waals surface area contributed by atoms with E-state index in [1.165, 1.54) is 4.31 Å². The average molecular weight is 319 g/mol. The lowest BCUT2D eigenvalue weighted by Crippen LogP contribution is -2.28. The van der Waals surface area contributed by atoms with Crippen LogP contribution in [0, 0.1) is 0 Å². The van der Waals surface area contributed by atoms with Crippen molar-refractivity contribution in [1.29, 1.82) is 0 Å². The molecule has 0 spiro atoms. The normalized spacial score (nSPS) is 12.6. The maximum atomic E-state index is 12.4. The van der Waals surface area contributed by atoms with Gasteiger partial charge < -0.3 is 9.88 Å². The van der Waals surface area contributed by atoms with Crippen molar-refractivity contribution in [3.63, 3.8) is 0 Å². The number of nitrogens with one attached hydrogen (secondary N) is 1. The van der Waals surface area contributed by atoms with E-state index in [-0.39, 0.29) is 0 Å². The van der Waals surface area contributed by atoms with E-state index < -0.39 is 10.0 Å². The molecule has 1 rings (SSSR count). The number of hydrogen-bond donors (Lipinski definition) is 1. The summed E-state index contributed by atoms with van der Waals surface area (Å²) in [6.45, 7) is 5.32. The molecule has 1 aromatic rings. The molecule has 20 heavy (non-hydrogen) atoms. The largest absolute Gasteiger partial charge is 0.352 e. The Morgan fingerprint density at radius 1 is 1.45 bits per heavy atom. The summed E-state index contributed by atoms with van der Waals surface area (Å²) in [6.07, 6.45) is 3.65. The molecule has 0 fully saturated rings. The lowest BCUT2D eigenvalue weighted by molar-refractivity contribution is 0.488. The molecule has 0 saturated heterocycles. The van der Waals surface area contributed by atoms with Gasteiger partial charge in [0.2, 0.25) is 10.0 Å². The summed E-state index contributed by atoms with van der Waals surface area (Å²) in [5, 5.41) is 3.30. The quantitative estimate of drug-likeness (QED) is 0.789. The van der Waals surface area contributed by atoms with Crippen LogP contribution in [0.1, 0.15) is 19.5 Å². The molecule has 1 aromatic heterocycles. The molecule has 0 aliphatic heterocycles. The molecule has 1 heterocycles. The molecular weight excluding hydrogens is 294 g/mol. The second kappa shape index (κ2) is 7.49. The minimum Gasteiger partial charge on any atom is -0.352 e. The highest BCUT2D eigenvalue weighted by atomic mass is 32.2. The molecule has 0 unspecified atom stereocenters. The molecule has 1 N–H and O–H groups in total. The van der Waals surface area contributed by atoms with Crippen molar-refractivity contribution in [1.82, 2.24) is 14.2 Å². The van der Waals surface area contributed by atoms with E-state index in [0.29, 0.717) is 24.0 Å². The number of hydrogen-bond acceptors (Lipinski definition) is 4. The number of nitrogens with zero attached hydrogens (tertiary/aromatic N) is 2. The Balaban J connectivity index is 2.88. The zero-order valence-electron chi connectivity index (χ0n) is 12.9. The van der Waals surface area contributed by atoms with Gasteiger partial charge in [-0.15, -0.1) is 0 Å². The van der Waals surface area contributed by atoms with Gasteiger partial charge >= 0.3 is 0 Å². The van der Waals surface area contributed by atoms with Crippen LogP contribution in [0.4, 0.5) is 0 Å². The van der Waals surface area contributed by atoms with Gasteiger partial charge in [0, 0.05) is 50.9 Å². The smallest absolute Gasteiger partial charge is 0.244 e. The first-order chi connectivity index (χ1) is 9.28. The second-order valence-electron chi connectivity index (χ2n) is 5.13. The fourth-order valence-corrected chi connectivity index (χ4v) is 3.56. The molecule has 0 radical (unpaired) electrons. The third-order valence-corrected chi connectivity index (χ3v) is 5.51. The van der Waals surface area contributed by atoms with Crippen LogP contribution in [-0.2, 0) is 23.6 Å². The van der Waals surface area contributed by atoms with Crippen molar-refractivity contribution in [2.45, 2.75) is 31.3 Å². The van der Waals surface area contributed by atoms with Gasteiger partial charge in [0.15, 0.2) is 0 Å². The molecule has 116 valence electrons. The molecule has 0 aliphatic rings. The fraction of sp³-hybridized carbons (Fsp3) is 0.692. The zero-order valence-corrected chi connectivity index (χ0v) is 14.5. The van der Waals surface area contributed by atoms with E-state index in [4.69, 9.17) is 0 Å². The standard InChI is InChI=1S/C13H25N3O2S2/c1-11(2)14-9-12-8-13(10-15(12)3)20(17,18)16(4)6-7-19-5/h8,10-11,14H,6-7,9H2,1-5H3. The highest BCUT2D eigenvalue weighted by molar-refractivity contribution is 7.98. The number of rotatable bonds is 8. The van der Waals surface area contributed by atoms with Crippen LogP contribution in [0.5, 0.6) is 0 Å². The van der Waals surface area contributed by atoms with E-state index in [2.05, 4.69) is 19.2 Å². The summed E-state index contributed by atoms with van der Waals surface area (Å²) in [7, 11) is 0.123. The molecular formula is C13H25N3O2S2. The molecule has 0 aromatic carbocycles. The Labute approximate surface area is 126 Å². The SMILES string of the molecule is CSCCN(C)S(=O)(=O)c1cc(CNC(C)C)n(C)c1. The number of sulfonamides is 1. The Kier molecular flexibility index (Phi) is 6.57. The van der Waals surface area contributed by atoms with Gasteiger partial charge in [0.05, 0.1) is 0 Å². The first kappa shape index (κ1) is 17.6. The van der Waals surface area contributed by atoms with Gasteiger partial charge in [-0.2, -0.15) is 11.8 Å². The van der Waals surface area contributed by atoms with Crippen molar-refractivity contribution in [3.05, 3.63) is 18.0 Å². The predicted octanol–water partition coefficient (Wildman–Crippen LogP) is 1.51. The van der Waals surface area contributed by atoms with Crippen LogP contribution in [0.15, 0.2) is 17.2 Å². The van der Waals surface area contributed by atoms with Crippen LogP contribution in [0.2, 0.25) is 0 Å². The molecule has 0 saturated carbocycles. The second-order valence-corrected chi connectivity index (χ2v) is 8.16. The highest BCUT2D eigenvalue weighted by Crippen LogP contribution is 2.17. The molecule has 7 heteroatoms. The van der Waals surface area contributed by atoms with Gasteiger partial charge in [0.1, 0.15) is 4.90 Å². The monoisotopic (exact) mass is 319 g/mol. The van der Waals surface area contributed by atoms with Gasteiger partial charge in [-0.25, -0.2) is 12.7 Å². The number of thioether (sulfide) groups is 1. The van der Waals surface area contributed by atoms with Gasteiger partial charge in [0.25, 0.3) is 0 Å². The molecule has 0 atom stereocenters. The van der Waals surface area contributed by atoms with Gasteiger partial charge in [-0.1, -0.05) is 13.8 Å². The van der Waals surface area contributed by atoms with E-state index in [1.54, 1.807) is 31.1 Å². The first-order valence-electron chi connectivity index (χ1n) is 6.63. The van der Waals surface area contributed by atoms with Crippen molar-refractivity contribution in [2.24, 2.45) is 7.05 Å². The van der Waals surface area contributed by atoms with Gasteiger partial charge in [-0.3, -0.25) is 0 Å². The molecule has 0 amide bonds. The summed E-state index contributed by atoms with van der Waals surface area (Å²) in [6, 6.07) is 2.12. The Hall–Kier alpha value is -0.500. The van der Waals surface area contributed by atoms with Crippen LogP contribution in [0.25, 0.3) is 0 Å². The first-order valence-corrected chi connectivity index (χ1v) is 9.46. The van der Waals surface area contributed by atoms with E-state index in [9.17, 15) is 8.42 Å². The Bertz CT molecular complexity index is 524. The van der Waals surface area contributed by atoms with E-state index >= 15 is 0 Å². The van der Waals surface area contributed by atoms with Crippen molar-refractivity contribution in [2.75, 3.05) is 25.6 Å². The molecule has 0 bridgehead atoms. The lowest BCUT2D eigenvalue weighted by Gasteiger charge is -2.15. The average Bonchev–Trinajstić information content (AvgIpc) is 2.75. The Morgan fingerprint density at radius 2 is 2.10 bits per heavy atom. The van der Waals surface area contributed by atoms with Gasteiger partial charge in [-0.05, 0) is 12.3 Å². The zero-order chi connectivity index (χ0) is 15.3. The van der Waals surface area contributed by atoms with Crippen LogP contribution >= 0.6 is 11.8 Å². The summed E-state index contributed by atoms with van der Waals surface area (Å²) in [5.41, 5.74) is 0.968. The van der Waals surface area contributed by atoms with E-state index in [1.807, 2.05) is 17.9 Å². The highest BCUT2D eigenvalue weighted by Gasteiger charge is 2.22. The predicted molar refractivity (Wildman–Crippen MR) is 85.6 cm³/mol. The number of aromatic nitrogens is 1. The topological polar surface area (TPSA) is 54.3 Å².